The van der Waals surface area contributed by atoms with Crippen LogP contribution in [0.5, 0.6) is 0 Å². The maximum Gasteiger partial charge on any atom is 0.0314 e. The summed E-state index contributed by atoms with van der Waals surface area (Å²) in [6, 6.07) is 9.03. The Bertz CT molecular complexity index is 318. The SMILES string of the molecule is CCC1CC1NCCCc1ccc(N)cc1. The summed E-state index contributed by atoms with van der Waals surface area (Å²) in [6.07, 6.45) is 5.08. The molecule has 1 aromatic rings. The number of aryl methyl sites for hydroxylation is 1. The van der Waals surface area contributed by atoms with Crippen LogP contribution < -0.4 is 11.1 Å². The molecule has 1 aliphatic carbocycles. The van der Waals surface area contributed by atoms with E-state index in [-0.39, 0.29) is 0 Å². The molecule has 0 amide bonds. The summed E-state index contributed by atoms with van der Waals surface area (Å²) in [5.74, 6) is 0.955. The second kappa shape index (κ2) is 5.35. The second-order valence-corrected chi connectivity index (χ2v) is 4.81. The van der Waals surface area contributed by atoms with Gasteiger partial charge in [0.05, 0.1) is 0 Å². The van der Waals surface area contributed by atoms with Gasteiger partial charge in [0.2, 0.25) is 0 Å². The monoisotopic (exact) mass is 218 g/mol. The molecule has 2 unspecified atom stereocenters. The van der Waals surface area contributed by atoms with Crippen LogP contribution in [0, 0.1) is 5.92 Å². The fourth-order valence-corrected chi connectivity index (χ4v) is 2.21. The summed E-state index contributed by atoms with van der Waals surface area (Å²) in [6.45, 7) is 3.42. The van der Waals surface area contributed by atoms with E-state index < -0.39 is 0 Å². The van der Waals surface area contributed by atoms with E-state index in [1.54, 1.807) is 0 Å². The van der Waals surface area contributed by atoms with Crippen LogP contribution in [0.3, 0.4) is 0 Å². The third-order valence-corrected chi connectivity index (χ3v) is 3.48. The highest BCUT2D eigenvalue weighted by molar-refractivity contribution is 5.39. The highest BCUT2D eigenvalue weighted by Crippen LogP contribution is 2.32. The zero-order valence-corrected chi connectivity index (χ0v) is 10.1. The Labute approximate surface area is 98.2 Å². The molecule has 3 N–H and O–H groups in total. The first-order valence-electron chi connectivity index (χ1n) is 6.37. The van der Waals surface area contributed by atoms with Crippen molar-refractivity contribution < 1.29 is 0 Å². The largest absolute Gasteiger partial charge is 0.399 e. The van der Waals surface area contributed by atoms with Crippen molar-refractivity contribution in [1.82, 2.24) is 5.32 Å². The average Bonchev–Trinajstić information content (AvgIpc) is 3.05. The van der Waals surface area contributed by atoms with Gasteiger partial charge in [0.15, 0.2) is 0 Å². The molecule has 0 aromatic heterocycles. The Hall–Kier alpha value is -1.02. The first-order chi connectivity index (χ1) is 7.79. The van der Waals surface area contributed by atoms with Gasteiger partial charge in [-0.25, -0.2) is 0 Å². The first-order valence-corrected chi connectivity index (χ1v) is 6.37. The third kappa shape index (κ3) is 3.24. The van der Waals surface area contributed by atoms with Crippen LogP contribution in [0.1, 0.15) is 31.7 Å². The molecule has 2 nitrogen and oxygen atoms in total. The number of nitrogens with two attached hydrogens (primary N) is 1. The van der Waals surface area contributed by atoms with Crippen LogP contribution in [0.4, 0.5) is 5.69 Å². The van der Waals surface area contributed by atoms with Gasteiger partial charge in [-0.3, -0.25) is 0 Å². The topological polar surface area (TPSA) is 38.0 Å². The van der Waals surface area contributed by atoms with Crippen molar-refractivity contribution in [2.24, 2.45) is 5.92 Å². The van der Waals surface area contributed by atoms with Crippen molar-refractivity contribution in [3.05, 3.63) is 29.8 Å². The second-order valence-electron chi connectivity index (χ2n) is 4.81. The minimum Gasteiger partial charge on any atom is -0.399 e. The summed E-state index contributed by atoms with van der Waals surface area (Å²) >= 11 is 0. The van der Waals surface area contributed by atoms with Crippen molar-refractivity contribution in [3.63, 3.8) is 0 Å². The maximum atomic E-state index is 5.65. The summed E-state index contributed by atoms with van der Waals surface area (Å²) in [4.78, 5) is 0. The molecule has 0 bridgehead atoms. The molecule has 2 heteroatoms. The molecule has 0 aliphatic heterocycles. The standard InChI is InChI=1S/C14H22N2/c1-2-12-10-14(12)16-9-3-4-11-5-7-13(15)8-6-11/h5-8,12,14,16H,2-4,9-10,15H2,1H3. The molecule has 2 rings (SSSR count). The Morgan fingerprint density at radius 3 is 2.69 bits per heavy atom. The highest BCUT2D eigenvalue weighted by Gasteiger charge is 2.34. The molecule has 1 fully saturated rings. The van der Waals surface area contributed by atoms with Gasteiger partial charge in [0.25, 0.3) is 0 Å². The van der Waals surface area contributed by atoms with E-state index in [2.05, 4.69) is 24.4 Å². The van der Waals surface area contributed by atoms with Crippen molar-refractivity contribution >= 4 is 5.69 Å². The fraction of sp³-hybridized carbons (Fsp3) is 0.571. The first kappa shape index (κ1) is 11.5. The number of hydrogen-bond donors (Lipinski definition) is 2. The molecule has 0 spiro atoms. The van der Waals surface area contributed by atoms with E-state index in [1.165, 1.54) is 24.8 Å². The van der Waals surface area contributed by atoms with Gasteiger partial charge in [-0.05, 0) is 49.4 Å². The maximum absolute atomic E-state index is 5.65. The van der Waals surface area contributed by atoms with Crippen molar-refractivity contribution in [2.45, 2.75) is 38.6 Å². The van der Waals surface area contributed by atoms with E-state index in [0.29, 0.717) is 0 Å². The summed E-state index contributed by atoms with van der Waals surface area (Å²) < 4.78 is 0. The van der Waals surface area contributed by atoms with Crippen LogP contribution in [-0.2, 0) is 6.42 Å². The number of anilines is 1. The van der Waals surface area contributed by atoms with Gasteiger partial charge < -0.3 is 11.1 Å². The van der Waals surface area contributed by atoms with Crippen LogP contribution in [0.15, 0.2) is 24.3 Å². The number of rotatable bonds is 6. The summed E-state index contributed by atoms with van der Waals surface area (Å²) in [7, 11) is 0. The number of nitrogens with one attached hydrogen (secondary N) is 1. The molecule has 1 aromatic carbocycles. The summed E-state index contributed by atoms with van der Waals surface area (Å²) in [5, 5.41) is 3.61. The van der Waals surface area contributed by atoms with Gasteiger partial charge in [-0.2, -0.15) is 0 Å². The molecule has 1 aliphatic rings. The number of benzene rings is 1. The zero-order chi connectivity index (χ0) is 11.4. The van der Waals surface area contributed by atoms with E-state index >= 15 is 0 Å². The van der Waals surface area contributed by atoms with Crippen molar-refractivity contribution in [1.29, 1.82) is 0 Å². The molecule has 0 heterocycles. The van der Waals surface area contributed by atoms with Crippen LogP contribution >= 0.6 is 0 Å². The Kier molecular flexibility index (Phi) is 3.83. The van der Waals surface area contributed by atoms with E-state index in [4.69, 9.17) is 5.73 Å². The minimum atomic E-state index is 0.816. The molecular formula is C14H22N2. The van der Waals surface area contributed by atoms with Crippen LogP contribution in [-0.4, -0.2) is 12.6 Å². The Morgan fingerprint density at radius 1 is 1.31 bits per heavy atom. The van der Waals surface area contributed by atoms with Crippen molar-refractivity contribution in [3.8, 4) is 0 Å². The molecule has 0 saturated heterocycles. The lowest BCUT2D eigenvalue weighted by atomic mass is 10.1. The highest BCUT2D eigenvalue weighted by atomic mass is 15.0. The molecule has 2 atom stereocenters. The lowest BCUT2D eigenvalue weighted by Crippen LogP contribution is -2.19. The predicted molar refractivity (Wildman–Crippen MR) is 69.4 cm³/mol. The Balaban J connectivity index is 1.59. The lowest BCUT2D eigenvalue weighted by molar-refractivity contribution is 0.602. The Morgan fingerprint density at radius 2 is 2.06 bits per heavy atom. The molecule has 0 radical (unpaired) electrons. The van der Waals surface area contributed by atoms with Crippen LogP contribution in [0.2, 0.25) is 0 Å². The molecular weight excluding hydrogens is 196 g/mol. The summed E-state index contributed by atoms with van der Waals surface area (Å²) in [5.41, 5.74) is 7.89. The molecule has 1 saturated carbocycles. The van der Waals surface area contributed by atoms with E-state index in [0.717, 1.165) is 30.6 Å². The van der Waals surface area contributed by atoms with Gasteiger partial charge in [-0.15, -0.1) is 0 Å². The minimum absolute atomic E-state index is 0.816. The van der Waals surface area contributed by atoms with E-state index in [9.17, 15) is 0 Å². The predicted octanol–water partition coefficient (Wildman–Crippen LogP) is 2.59. The van der Waals surface area contributed by atoms with Gasteiger partial charge in [0, 0.05) is 11.7 Å². The number of hydrogen-bond acceptors (Lipinski definition) is 2. The third-order valence-electron chi connectivity index (χ3n) is 3.48. The fourth-order valence-electron chi connectivity index (χ4n) is 2.21. The van der Waals surface area contributed by atoms with Crippen molar-refractivity contribution in [2.75, 3.05) is 12.3 Å². The quantitative estimate of drug-likeness (QED) is 0.569. The smallest absolute Gasteiger partial charge is 0.0314 e. The van der Waals surface area contributed by atoms with E-state index in [1.807, 2.05) is 12.1 Å². The normalized spacial score (nSPS) is 23.3. The van der Waals surface area contributed by atoms with Gasteiger partial charge in [0.1, 0.15) is 0 Å². The van der Waals surface area contributed by atoms with Crippen LogP contribution in [0.25, 0.3) is 0 Å². The molecule has 88 valence electrons. The number of nitrogen functional groups attached to an aromatic ring is 1. The van der Waals surface area contributed by atoms with Gasteiger partial charge >= 0.3 is 0 Å². The zero-order valence-electron chi connectivity index (χ0n) is 10.1. The van der Waals surface area contributed by atoms with Gasteiger partial charge in [-0.1, -0.05) is 25.5 Å². The lowest BCUT2D eigenvalue weighted by Gasteiger charge is -2.04. The molecule has 16 heavy (non-hydrogen) atoms. The average molecular weight is 218 g/mol.